The van der Waals surface area contributed by atoms with E-state index in [1.807, 2.05) is 32.0 Å². The Morgan fingerprint density at radius 3 is 2.60 bits per heavy atom. The number of H-pyrrole nitrogens is 1. The molecule has 25 heavy (non-hydrogen) atoms. The van der Waals surface area contributed by atoms with Crippen molar-refractivity contribution >= 4 is 16.9 Å². The lowest BCUT2D eigenvalue weighted by molar-refractivity contribution is 0.0450. The lowest BCUT2D eigenvalue weighted by Gasteiger charge is -2.07. The second-order valence-electron chi connectivity index (χ2n) is 5.76. The molecule has 1 N–H and O–H groups in total. The van der Waals surface area contributed by atoms with E-state index in [1.165, 1.54) is 0 Å². The van der Waals surface area contributed by atoms with E-state index in [-0.39, 0.29) is 19.2 Å². The number of hydrogen-bond acceptors (Lipinski definition) is 4. The van der Waals surface area contributed by atoms with Crippen molar-refractivity contribution in [2.45, 2.75) is 13.8 Å². The van der Waals surface area contributed by atoms with E-state index in [4.69, 9.17) is 14.7 Å². The first kappa shape index (κ1) is 16.6. The topological polar surface area (TPSA) is 75.1 Å². The third-order valence-electron chi connectivity index (χ3n) is 4.11. The highest BCUT2D eigenvalue weighted by Crippen LogP contribution is 2.22. The molecule has 0 saturated carbocycles. The number of esters is 1. The molecule has 0 unspecified atom stereocenters. The summed E-state index contributed by atoms with van der Waals surface area (Å²) in [5.41, 5.74) is 4.33. The number of benzene rings is 2. The van der Waals surface area contributed by atoms with Gasteiger partial charge in [0.05, 0.1) is 17.2 Å². The molecule has 0 amide bonds. The van der Waals surface area contributed by atoms with Gasteiger partial charge in [-0.05, 0) is 61.9 Å². The maximum absolute atomic E-state index is 12.2. The number of aromatic nitrogens is 1. The maximum atomic E-state index is 12.2. The number of aryl methyl sites for hydroxylation is 2. The van der Waals surface area contributed by atoms with Gasteiger partial charge in [-0.1, -0.05) is 0 Å². The minimum Gasteiger partial charge on any atom is -0.490 e. The number of aromatic amines is 1. The Bertz CT molecular complexity index is 949. The fraction of sp³-hybridized carbons (Fsp3) is 0.200. The van der Waals surface area contributed by atoms with Crippen LogP contribution >= 0.6 is 0 Å². The zero-order valence-electron chi connectivity index (χ0n) is 14.1. The number of carbonyl (C=O) groups excluding carboxylic acids is 1. The summed E-state index contributed by atoms with van der Waals surface area (Å²) in [6.07, 6.45) is 0. The molecule has 2 aromatic carbocycles. The minimum absolute atomic E-state index is 0.155. The Morgan fingerprint density at radius 2 is 1.88 bits per heavy atom. The molecular weight excluding hydrogens is 316 g/mol. The van der Waals surface area contributed by atoms with Crippen LogP contribution < -0.4 is 4.74 Å². The van der Waals surface area contributed by atoms with Crippen LogP contribution in [-0.4, -0.2) is 24.2 Å². The van der Waals surface area contributed by atoms with Gasteiger partial charge in [0, 0.05) is 16.6 Å². The lowest BCUT2D eigenvalue weighted by Crippen LogP contribution is -2.12. The SMILES string of the molecule is Cc1[nH]c2ccc(C(=O)OCCOc3ccc(C#N)cc3)cc2c1C. The molecule has 0 fully saturated rings. The number of nitriles is 1. The van der Waals surface area contributed by atoms with Gasteiger partial charge in [0.2, 0.25) is 0 Å². The van der Waals surface area contributed by atoms with Crippen LogP contribution in [0.5, 0.6) is 5.75 Å². The summed E-state index contributed by atoms with van der Waals surface area (Å²) in [5.74, 6) is 0.262. The monoisotopic (exact) mass is 334 g/mol. The number of ether oxygens (including phenoxy) is 2. The predicted molar refractivity (Wildman–Crippen MR) is 94.7 cm³/mol. The number of fused-ring (bicyclic) bond motifs is 1. The van der Waals surface area contributed by atoms with E-state index in [1.54, 1.807) is 30.3 Å². The Hall–Kier alpha value is -3.26. The van der Waals surface area contributed by atoms with E-state index >= 15 is 0 Å². The van der Waals surface area contributed by atoms with Crippen LogP contribution in [0.3, 0.4) is 0 Å². The molecule has 5 heteroatoms. The Labute approximate surface area is 145 Å². The largest absolute Gasteiger partial charge is 0.490 e. The molecule has 0 aliphatic carbocycles. The van der Waals surface area contributed by atoms with Crippen LogP contribution in [0.4, 0.5) is 0 Å². The molecule has 0 aliphatic heterocycles. The van der Waals surface area contributed by atoms with Crippen molar-refractivity contribution < 1.29 is 14.3 Å². The normalized spacial score (nSPS) is 10.4. The lowest BCUT2D eigenvalue weighted by atomic mass is 10.1. The van der Waals surface area contributed by atoms with Crippen LogP contribution in [0.2, 0.25) is 0 Å². The van der Waals surface area contributed by atoms with Gasteiger partial charge in [0.15, 0.2) is 0 Å². The van der Waals surface area contributed by atoms with Gasteiger partial charge in [0.1, 0.15) is 19.0 Å². The Balaban J connectivity index is 1.55. The second kappa shape index (κ2) is 7.10. The zero-order valence-corrected chi connectivity index (χ0v) is 14.1. The Morgan fingerprint density at radius 1 is 1.12 bits per heavy atom. The van der Waals surface area contributed by atoms with Gasteiger partial charge in [0.25, 0.3) is 0 Å². The van der Waals surface area contributed by atoms with E-state index in [2.05, 4.69) is 4.98 Å². The first-order chi connectivity index (χ1) is 12.1. The molecule has 5 nitrogen and oxygen atoms in total. The molecule has 0 radical (unpaired) electrons. The van der Waals surface area contributed by atoms with Crippen molar-refractivity contribution in [3.8, 4) is 11.8 Å². The molecule has 126 valence electrons. The summed E-state index contributed by atoms with van der Waals surface area (Å²) in [6.45, 7) is 4.44. The maximum Gasteiger partial charge on any atom is 0.338 e. The number of nitrogens with one attached hydrogen (secondary N) is 1. The van der Waals surface area contributed by atoms with Crippen molar-refractivity contribution in [1.29, 1.82) is 5.26 Å². The van der Waals surface area contributed by atoms with Crippen molar-refractivity contribution in [2.75, 3.05) is 13.2 Å². The van der Waals surface area contributed by atoms with Crippen LogP contribution in [0.25, 0.3) is 10.9 Å². The molecule has 0 aliphatic rings. The van der Waals surface area contributed by atoms with Gasteiger partial charge in [-0.2, -0.15) is 5.26 Å². The van der Waals surface area contributed by atoms with Crippen molar-refractivity contribution in [2.24, 2.45) is 0 Å². The number of nitrogens with zero attached hydrogens (tertiary/aromatic N) is 1. The third kappa shape index (κ3) is 3.64. The summed E-state index contributed by atoms with van der Waals surface area (Å²) >= 11 is 0. The molecule has 3 aromatic rings. The molecule has 0 spiro atoms. The molecule has 1 aromatic heterocycles. The minimum atomic E-state index is -0.372. The van der Waals surface area contributed by atoms with Gasteiger partial charge in [-0.15, -0.1) is 0 Å². The molecule has 0 atom stereocenters. The standard InChI is InChI=1S/C20H18N2O3/c1-13-14(2)22-19-8-5-16(11-18(13)19)20(23)25-10-9-24-17-6-3-15(12-21)4-7-17/h3-8,11,22H,9-10H2,1-2H3. The van der Waals surface area contributed by atoms with E-state index in [0.29, 0.717) is 16.9 Å². The highest BCUT2D eigenvalue weighted by Gasteiger charge is 2.11. The predicted octanol–water partition coefficient (Wildman–Crippen LogP) is 3.89. The summed E-state index contributed by atoms with van der Waals surface area (Å²) in [5, 5.41) is 9.77. The molecule has 1 heterocycles. The van der Waals surface area contributed by atoms with Gasteiger partial charge < -0.3 is 14.5 Å². The van der Waals surface area contributed by atoms with Crippen LogP contribution in [0.1, 0.15) is 27.2 Å². The summed E-state index contributed by atoms with van der Waals surface area (Å²) in [7, 11) is 0. The zero-order chi connectivity index (χ0) is 17.8. The number of carbonyl (C=O) groups is 1. The first-order valence-corrected chi connectivity index (χ1v) is 7.97. The summed E-state index contributed by atoms with van der Waals surface area (Å²) < 4.78 is 10.8. The second-order valence-corrected chi connectivity index (χ2v) is 5.76. The van der Waals surface area contributed by atoms with E-state index < -0.39 is 0 Å². The number of rotatable bonds is 5. The molecule has 0 saturated heterocycles. The van der Waals surface area contributed by atoms with Crippen molar-refractivity contribution in [3.63, 3.8) is 0 Å². The number of hydrogen-bond donors (Lipinski definition) is 1. The first-order valence-electron chi connectivity index (χ1n) is 7.97. The average molecular weight is 334 g/mol. The quantitative estimate of drug-likeness (QED) is 0.567. The fourth-order valence-electron chi connectivity index (χ4n) is 2.59. The van der Waals surface area contributed by atoms with Crippen LogP contribution in [-0.2, 0) is 4.74 Å². The average Bonchev–Trinajstić information content (AvgIpc) is 2.93. The van der Waals surface area contributed by atoms with Crippen LogP contribution in [0.15, 0.2) is 42.5 Å². The fourth-order valence-corrected chi connectivity index (χ4v) is 2.59. The summed E-state index contributed by atoms with van der Waals surface area (Å²) in [4.78, 5) is 15.5. The van der Waals surface area contributed by atoms with Gasteiger partial charge in [-0.3, -0.25) is 0 Å². The molecular formula is C20H18N2O3. The van der Waals surface area contributed by atoms with E-state index in [9.17, 15) is 4.79 Å². The highest BCUT2D eigenvalue weighted by molar-refractivity contribution is 5.96. The van der Waals surface area contributed by atoms with Gasteiger partial charge in [-0.25, -0.2) is 4.79 Å². The van der Waals surface area contributed by atoms with E-state index in [0.717, 1.165) is 22.2 Å². The van der Waals surface area contributed by atoms with Gasteiger partial charge >= 0.3 is 5.97 Å². The van der Waals surface area contributed by atoms with Crippen molar-refractivity contribution in [3.05, 3.63) is 64.8 Å². The van der Waals surface area contributed by atoms with Crippen LogP contribution in [0, 0.1) is 25.2 Å². The highest BCUT2D eigenvalue weighted by atomic mass is 16.6. The molecule has 3 rings (SSSR count). The van der Waals surface area contributed by atoms with Crippen molar-refractivity contribution in [1.82, 2.24) is 4.98 Å². The smallest absolute Gasteiger partial charge is 0.338 e. The Kier molecular flexibility index (Phi) is 4.71. The third-order valence-corrected chi connectivity index (χ3v) is 4.11. The summed E-state index contributed by atoms with van der Waals surface area (Å²) in [6, 6.07) is 14.3. The molecule has 0 bridgehead atoms.